The van der Waals surface area contributed by atoms with Gasteiger partial charge in [-0.1, -0.05) is 29.8 Å². The van der Waals surface area contributed by atoms with E-state index >= 15 is 0 Å². The quantitative estimate of drug-likeness (QED) is 0.504. The van der Waals surface area contributed by atoms with E-state index in [2.05, 4.69) is 31.9 Å². The third kappa shape index (κ3) is 4.05. The number of imide groups is 1. The molecule has 1 fully saturated rings. The number of nitrogens with zero attached hydrogens (tertiary/aromatic N) is 1. The number of hydrogen-bond acceptors (Lipinski definition) is 4. The fraction of sp³-hybridized carbons (Fsp3) is 0.158. The highest BCUT2D eigenvalue weighted by Crippen LogP contribution is 2.37. The van der Waals surface area contributed by atoms with Gasteiger partial charge < -0.3 is 4.74 Å². The maximum Gasteiger partial charge on any atom is 0.293 e. The number of methoxy groups -OCH3 is 1. The Bertz CT molecular complexity index is 904. The van der Waals surface area contributed by atoms with Crippen LogP contribution in [0.4, 0.5) is 4.79 Å². The number of rotatable bonds is 4. The maximum absolute atomic E-state index is 12.7. The smallest absolute Gasteiger partial charge is 0.293 e. The SMILES string of the molecule is COc1c(Br)cc(/C=C2\SC(=O)N(Cc3cccc(C)c3)C2=O)cc1Br. The van der Waals surface area contributed by atoms with Crippen LogP contribution in [0.25, 0.3) is 6.08 Å². The molecule has 1 aliphatic heterocycles. The van der Waals surface area contributed by atoms with Crippen LogP contribution < -0.4 is 4.74 Å². The van der Waals surface area contributed by atoms with Crippen LogP contribution in [0.1, 0.15) is 16.7 Å². The molecule has 3 rings (SSSR count). The van der Waals surface area contributed by atoms with Gasteiger partial charge in [-0.05, 0) is 79.9 Å². The van der Waals surface area contributed by atoms with E-state index in [1.54, 1.807) is 13.2 Å². The first-order chi connectivity index (χ1) is 12.4. The first-order valence-corrected chi connectivity index (χ1v) is 10.1. The summed E-state index contributed by atoms with van der Waals surface area (Å²) in [4.78, 5) is 26.7. The van der Waals surface area contributed by atoms with E-state index < -0.39 is 0 Å². The van der Waals surface area contributed by atoms with Gasteiger partial charge in [-0.2, -0.15) is 0 Å². The van der Waals surface area contributed by atoms with E-state index in [0.717, 1.165) is 37.4 Å². The lowest BCUT2D eigenvalue weighted by atomic mass is 10.1. The predicted octanol–water partition coefficient (Wildman–Crippen LogP) is 5.77. The molecule has 134 valence electrons. The lowest BCUT2D eigenvalue weighted by molar-refractivity contribution is -0.123. The third-order valence-electron chi connectivity index (χ3n) is 3.82. The molecule has 2 aromatic rings. The van der Waals surface area contributed by atoms with E-state index in [0.29, 0.717) is 10.7 Å². The van der Waals surface area contributed by atoms with Crippen LogP contribution in [0.3, 0.4) is 0 Å². The fourth-order valence-electron chi connectivity index (χ4n) is 2.64. The van der Waals surface area contributed by atoms with Gasteiger partial charge in [0.2, 0.25) is 0 Å². The van der Waals surface area contributed by atoms with E-state index in [-0.39, 0.29) is 17.7 Å². The second-order valence-electron chi connectivity index (χ2n) is 5.77. The van der Waals surface area contributed by atoms with Crippen molar-refractivity contribution in [1.82, 2.24) is 4.90 Å². The van der Waals surface area contributed by atoms with Crippen LogP contribution in [-0.2, 0) is 11.3 Å². The van der Waals surface area contributed by atoms with Crippen molar-refractivity contribution < 1.29 is 14.3 Å². The van der Waals surface area contributed by atoms with Crippen LogP contribution >= 0.6 is 43.6 Å². The molecule has 0 unspecified atom stereocenters. The molecule has 0 atom stereocenters. The first-order valence-electron chi connectivity index (χ1n) is 7.73. The van der Waals surface area contributed by atoms with Gasteiger partial charge in [0.05, 0.1) is 27.5 Å². The zero-order valence-corrected chi connectivity index (χ0v) is 18.1. The molecule has 0 bridgehead atoms. The molecular weight excluding hydrogens is 482 g/mol. The van der Waals surface area contributed by atoms with Crippen LogP contribution in [0, 0.1) is 6.92 Å². The predicted molar refractivity (Wildman–Crippen MR) is 111 cm³/mol. The molecule has 0 N–H and O–H groups in total. The summed E-state index contributed by atoms with van der Waals surface area (Å²) in [7, 11) is 1.58. The Kier molecular flexibility index (Phi) is 5.89. The van der Waals surface area contributed by atoms with E-state index in [4.69, 9.17) is 4.74 Å². The molecule has 0 spiro atoms. The molecule has 26 heavy (non-hydrogen) atoms. The topological polar surface area (TPSA) is 46.6 Å². The van der Waals surface area contributed by atoms with Gasteiger partial charge >= 0.3 is 0 Å². The number of carbonyl (C=O) groups is 2. The van der Waals surface area contributed by atoms with E-state index in [1.165, 1.54) is 4.90 Å². The average Bonchev–Trinajstić information content (AvgIpc) is 2.82. The summed E-state index contributed by atoms with van der Waals surface area (Å²) in [6.07, 6.45) is 1.72. The molecule has 1 aliphatic rings. The molecule has 2 amide bonds. The number of benzene rings is 2. The standard InChI is InChI=1S/C19H15Br2NO3S/c1-11-4-3-5-12(6-11)10-22-18(23)16(26-19(22)24)9-13-7-14(20)17(25-2)15(21)8-13/h3-9H,10H2,1-2H3/b16-9-. The second kappa shape index (κ2) is 7.98. The highest BCUT2D eigenvalue weighted by Gasteiger charge is 2.35. The summed E-state index contributed by atoms with van der Waals surface area (Å²) < 4.78 is 6.81. The van der Waals surface area contributed by atoms with Crippen molar-refractivity contribution in [2.45, 2.75) is 13.5 Å². The number of halogens is 2. The highest BCUT2D eigenvalue weighted by molar-refractivity contribution is 9.11. The van der Waals surface area contributed by atoms with Gasteiger partial charge in [-0.25, -0.2) is 0 Å². The summed E-state index contributed by atoms with van der Waals surface area (Å²) in [5, 5.41) is -0.255. The molecule has 0 saturated carbocycles. The van der Waals surface area contributed by atoms with Gasteiger partial charge in [0.1, 0.15) is 5.75 Å². The molecule has 7 heteroatoms. The fourth-order valence-corrected chi connectivity index (χ4v) is 5.02. The number of carbonyl (C=O) groups excluding carboxylic acids is 2. The van der Waals surface area contributed by atoms with E-state index in [1.807, 2.05) is 43.3 Å². The minimum absolute atomic E-state index is 0.255. The summed E-state index contributed by atoms with van der Waals surface area (Å²) in [5.41, 5.74) is 2.83. The van der Waals surface area contributed by atoms with Crippen molar-refractivity contribution in [2.24, 2.45) is 0 Å². The second-order valence-corrected chi connectivity index (χ2v) is 8.48. The van der Waals surface area contributed by atoms with Crippen molar-refractivity contribution in [3.8, 4) is 5.75 Å². The summed E-state index contributed by atoms with van der Waals surface area (Å²) in [6, 6.07) is 11.5. The molecular formula is C19H15Br2NO3S. The molecule has 0 radical (unpaired) electrons. The van der Waals surface area contributed by atoms with Crippen molar-refractivity contribution in [2.75, 3.05) is 7.11 Å². The average molecular weight is 497 g/mol. The Hall–Kier alpha value is -1.57. The summed E-state index contributed by atoms with van der Waals surface area (Å²) in [6.45, 7) is 2.26. The zero-order chi connectivity index (χ0) is 18.8. The van der Waals surface area contributed by atoms with Gasteiger partial charge in [0.25, 0.3) is 11.1 Å². The lowest BCUT2D eigenvalue weighted by Crippen LogP contribution is -2.27. The number of amides is 2. The number of thioether (sulfide) groups is 1. The lowest BCUT2D eigenvalue weighted by Gasteiger charge is -2.12. The van der Waals surface area contributed by atoms with Crippen LogP contribution in [0.2, 0.25) is 0 Å². The van der Waals surface area contributed by atoms with Crippen molar-refractivity contribution in [3.63, 3.8) is 0 Å². The third-order valence-corrected chi connectivity index (χ3v) is 5.90. The molecule has 1 heterocycles. The van der Waals surface area contributed by atoms with Crippen molar-refractivity contribution in [1.29, 1.82) is 0 Å². The van der Waals surface area contributed by atoms with Gasteiger partial charge in [-0.15, -0.1) is 0 Å². The molecule has 0 aromatic heterocycles. The Labute approximate surface area is 172 Å². The molecule has 0 aliphatic carbocycles. The number of hydrogen-bond donors (Lipinski definition) is 0. The summed E-state index contributed by atoms with van der Waals surface area (Å²) in [5.74, 6) is 0.402. The zero-order valence-electron chi connectivity index (χ0n) is 14.1. The Balaban J connectivity index is 1.85. The van der Waals surface area contributed by atoms with Gasteiger partial charge in [0.15, 0.2) is 0 Å². The number of ether oxygens (including phenoxy) is 1. The Morgan fingerprint density at radius 1 is 1.15 bits per heavy atom. The summed E-state index contributed by atoms with van der Waals surface area (Å²) >= 11 is 7.85. The molecule has 2 aromatic carbocycles. The Morgan fingerprint density at radius 3 is 2.46 bits per heavy atom. The minimum Gasteiger partial charge on any atom is -0.494 e. The highest BCUT2D eigenvalue weighted by atomic mass is 79.9. The maximum atomic E-state index is 12.7. The van der Waals surface area contributed by atoms with Crippen LogP contribution in [-0.4, -0.2) is 23.2 Å². The number of aryl methyl sites for hydroxylation is 1. The first kappa shape index (κ1) is 19.2. The normalized spacial score (nSPS) is 15.8. The van der Waals surface area contributed by atoms with Crippen molar-refractivity contribution >= 4 is 60.8 Å². The van der Waals surface area contributed by atoms with Crippen LogP contribution in [0.15, 0.2) is 50.2 Å². The largest absolute Gasteiger partial charge is 0.494 e. The van der Waals surface area contributed by atoms with Crippen molar-refractivity contribution in [3.05, 3.63) is 66.9 Å². The minimum atomic E-state index is -0.274. The Morgan fingerprint density at radius 2 is 1.85 bits per heavy atom. The monoisotopic (exact) mass is 495 g/mol. The molecule has 1 saturated heterocycles. The van der Waals surface area contributed by atoms with Gasteiger partial charge in [-0.3, -0.25) is 14.5 Å². The van der Waals surface area contributed by atoms with E-state index in [9.17, 15) is 9.59 Å². The van der Waals surface area contributed by atoms with Crippen LogP contribution in [0.5, 0.6) is 5.75 Å². The van der Waals surface area contributed by atoms with Gasteiger partial charge in [0, 0.05) is 0 Å². The molecule has 4 nitrogen and oxygen atoms in total.